The smallest absolute Gasteiger partial charge is 0.312 e. The van der Waals surface area contributed by atoms with Crippen LogP contribution in [-0.4, -0.2) is 20.8 Å². The van der Waals surface area contributed by atoms with Crippen LogP contribution in [0.25, 0.3) is 0 Å². The van der Waals surface area contributed by atoms with Crippen molar-refractivity contribution in [2.24, 2.45) is 5.73 Å². The Kier molecular flexibility index (Phi) is 7.05. The molecule has 9 heteroatoms. The minimum atomic E-state index is -0.588. The molecule has 1 aromatic carbocycles. The number of nitrogens with zero attached hydrogens (tertiary/aromatic N) is 3. The molecule has 0 aliphatic rings. The van der Waals surface area contributed by atoms with E-state index in [1.165, 1.54) is 0 Å². The zero-order valence-electron chi connectivity index (χ0n) is 16.0. The summed E-state index contributed by atoms with van der Waals surface area (Å²) >= 11 is 13.9. The van der Waals surface area contributed by atoms with Crippen molar-refractivity contribution in [2.75, 3.05) is 0 Å². The van der Waals surface area contributed by atoms with E-state index in [0.717, 1.165) is 26.7 Å². The Hall–Kier alpha value is -2.22. The highest BCUT2D eigenvalue weighted by molar-refractivity contribution is 7.99. The molecule has 0 unspecified atom stereocenters. The number of pyridine rings is 1. The predicted molar refractivity (Wildman–Crippen MR) is 117 cm³/mol. The number of nitrogens with one attached hydrogen (secondary N) is 1. The van der Waals surface area contributed by atoms with Gasteiger partial charge in [0, 0.05) is 45.4 Å². The van der Waals surface area contributed by atoms with Crippen LogP contribution in [-0.2, 0) is 13.0 Å². The van der Waals surface area contributed by atoms with Crippen LogP contribution in [0, 0.1) is 0 Å². The number of aromatic nitrogens is 3. The summed E-state index contributed by atoms with van der Waals surface area (Å²) in [6.07, 6.45) is 4.15. The van der Waals surface area contributed by atoms with Crippen molar-refractivity contribution < 1.29 is 4.79 Å². The number of nitrogens with two attached hydrogens (primary N) is 1. The minimum Gasteiger partial charge on any atom is -0.352 e. The van der Waals surface area contributed by atoms with E-state index in [9.17, 15) is 4.79 Å². The highest BCUT2D eigenvalue weighted by atomic mass is 35.5. The van der Waals surface area contributed by atoms with Crippen LogP contribution in [0.15, 0.2) is 52.6 Å². The molecule has 0 saturated heterocycles. The molecule has 2 aromatic heterocycles. The molecule has 0 atom stereocenters. The van der Waals surface area contributed by atoms with E-state index >= 15 is 0 Å². The molecule has 0 aliphatic carbocycles. The Morgan fingerprint density at radius 1 is 1.21 bits per heavy atom. The van der Waals surface area contributed by atoms with Crippen LogP contribution in [0.1, 0.15) is 36.7 Å². The highest BCUT2D eigenvalue weighted by Crippen LogP contribution is 2.37. The fourth-order valence-corrected chi connectivity index (χ4v) is 4.76. The first kappa shape index (κ1) is 21.5. The Balaban J connectivity index is 2.08. The number of carbonyl (C=O) groups excluding carboxylic acids is 1. The van der Waals surface area contributed by atoms with Crippen LogP contribution < -0.4 is 11.1 Å². The van der Waals surface area contributed by atoms with Crippen molar-refractivity contribution in [3.8, 4) is 0 Å². The lowest BCUT2D eigenvalue weighted by molar-refractivity contribution is 0.248. The van der Waals surface area contributed by atoms with Crippen molar-refractivity contribution in [3.63, 3.8) is 0 Å². The number of primary amides is 1. The van der Waals surface area contributed by atoms with Gasteiger partial charge in [0.15, 0.2) is 0 Å². The van der Waals surface area contributed by atoms with Crippen molar-refractivity contribution >= 4 is 41.0 Å². The predicted octanol–water partition coefficient (Wildman–Crippen LogP) is 5.08. The zero-order valence-corrected chi connectivity index (χ0v) is 18.4. The Morgan fingerprint density at radius 3 is 2.45 bits per heavy atom. The van der Waals surface area contributed by atoms with E-state index in [1.54, 1.807) is 30.2 Å². The van der Waals surface area contributed by atoms with Crippen LogP contribution in [0.5, 0.6) is 0 Å². The maximum absolute atomic E-state index is 11.3. The molecule has 0 radical (unpaired) electrons. The highest BCUT2D eigenvalue weighted by Gasteiger charge is 2.21. The molecule has 6 nitrogen and oxygen atoms in total. The molecule has 0 bridgehead atoms. The second-order valence-corrected chi connectivity index (χ2v) is 8.66. The van der Waals surface area contributed by atoms with Crippen molar-refractivity contribution in [2.45, 2.75) is 42.8 Å². The number of urea groups is 1. The number of amides is 2. The average molecular weight is 450 g/mol. The second-order valence-electron chi connectivity index (χ2n) is 6.73. The summed E-state index contributed by atoms with van der Waals surface area (Å²) in [6, 6.07) is 8.89. The third kappa shape index (κ3) is 5.65. The number of rotatable bonds is 7. The van der Waals surface area contributed by atoms with Crippen LogP contribution >= 0.6 is 35.0 Å². The molecule has 3 N–H and O–H groups in total. The Labute approximate surface area is 183 Å². The lowest BCUT2D eigenvalue weighted by Crippen LogP contribution is -2.29. The van der Waals surface area contributed by atoms with Gasteiger partial charge in [-0.15, -0.1) is 0 Å². The standard InChI is InChI=1S/C20H21Cl2N5OS/c1-12(2)27-19(29-16-9-14(21)8-15(22)10-16)17(7-13-3-5-24-6-4-13)18(26-27)11-25-20(23)28/h3-6,8-10,12H,7,11H2,1-2H3,(H3,23,25,28). The second kappa shape index (κ2) is 9.52. The van der Waals surface area contributed by atoms with Gasteiger partial charge < -0.3 is 11.1 Å². The third-order valence-corrected chi connectivity index (χ3v) is 5.68. The maximum atomic E-state index is 11.3. The number of hydrogen-bond acceptors (Lipinski definition) is 4. The Morgan fingerprint density at radius 2 is 1.86 bits per heavy atom. The van der Waals surface area contributed by atoms with Gasteiger partial charge in [0.2, 0.25) is 0 Å². The summed E-state index contributed by atoms with van der Waals surface area (Å²) in [5.41, 5.74) is 8.15. The molecule has 0 aliphatic heterocycles. The third-order valence-electron chi connectivity index (χ3n) is 4.14. The minimum absolute atomic E-state index is 0.116. The van der Waals surface area contributed by atoms with Crippen LogP contribution in [0.3, 0.4) is 0 Å². The van der Waals surface area contributed by atoms with Crippen molar-refractivity contribution in [1.82, 2.24) is 20.1 Å². The molecule has 3 aromatic rings. The molecule has 29 heavy (non-hydrogen) atoms. The summed E-state index contributed by atoms with van der Waals surface area (Å²) in [4.78, 5) is 16.3. The molecule has 0 spiro atoms. The molecule has 3 rings (SSSR count). The number of hydrogen-bond donors (Lipinski definition) is 2. The van der Waals surface area contributed by atoms with Gasteiger partial charge in [0.1, 0.15) is 5.03 Å². The normalized spacial score (nSPS) is 11.1. The van der Waals surface area contributed by atoms with Gasteiger partial charge in [-0.25, -0.2) is 4.79 Å². The van der Waals surface area contributed by atoms with E-state index < -0.39 is 6.03 Å². The summed E-state index contributed by atoms with van der Waals surface area (Å²) in [5, 5.41) is 9.52. The first-order valence-electron chi connectivity index (χ1n) is 9.00. The van der Waals surface area contributed by atoms with E-state index in [4.69, 9.17) is 34.0 Å². The average Bonchev–Trinajstić information content (AvgIpc) is 2.97. The lowest BCUT2D eigenvalue weighted by atomic mass is 10.1. The fourth-order valence-electron chi connectivity index (χ4n) is 2.85. The monoisotopic (exact) mass is 449 g/mol. The molecular weight excluding hydrogens is 429 g/mol. The van der Waals surface area contributed by atoms with E-state index in [1.807, 2.05) is 28.9 Å². The van der Waals surface area contributed by atoms with Gasteiger partial charge in [-0.1, -0.05) is 35.0 Å². The van der Waals surface area contributed by atoms with E-state index in [2.05, 4.69) is 24.1 Å². The van der Waals surface area contributed by atoms with Gasteiger partial charge in [0.05, 0.1) is 12.2 Å². The molecule has 0 saturated carbocycles. The summed E-state index contributed by atoms with van der Waals surface area (Å²) in [5.74, 6) is 0. The SMILES string of the molecule is CC(C)n1nc(CNC(N)=O)c(Cc2ccncc2)c1Sc1cc(Cl)cc(Cl)c1. The molecular formula is C20H21Cl2N5OS. The molecule has 0 fully saturated rings. The first-order valence-corrected chi connectivity index (χ1v) is 10.6. The maximum Gasteiger partial charge on any atom is 0.312 e. The molecule has 2 heterocycles. The van der Waals surface area contributed by atoms with Crippen LogP contribution in [0.2, 0.25) is 10.0 Å². The van der Waals surface area contributed by atoms with Gasteiger partial charge >= 0.3 is 6.03 Å². The summed E-state index contributed by atoms with van der Waals surface area (Å²) in [6.45, 7) is 4.37. The van der Waals surface area contributed by atoms with Gasteiger partial charge in [-0.3, -0.25) is 9.67 Å². The number of carbonyl (C=O) groups is 1. The number of benzene rings is 1. The van der Waals surface area contributed by atoms with Crippen molar-refractivity contribution in [3.05, 3.63) is 69.6 Å². The number of halogens is 2. The Bertz CT molecular complexity index is 987. The van der Waals surface area contributed by atoms with Crippen molar-refractivity contribution in [1.29, 1.82) is 0 Å². The quantitative estimate of drug-likeness (QED) is 0.526. The van der Waals surface area contributed by atoms with Gasteiger partial charge in [-0.05, 0) is 49.7 Å². The van der Waals surface area contributed by atoms with E-state index in [-0.39, 0.29) is 12.6 Å². The largest absolute Gasteiger partial charge is 0.352 e. The molecule has 2 amide bonds. The zero-order chi connectivity index (χ0) is 21.0. The van der Waals surface area contributed by atoms with Gasteiger partial charge in [0.25, 0.3) is 0 Å². The summed E-state index contributed by atoms with van der Waals surface area (Å²) < 4.78 is 1.95. The molecule has 152 valence electrons. The lowest BCUT2D eigenvalue weighted by Gasteiger charge is -2.13. The van der Waals surface area contributed by atoms with Crippen LogP contribution in [0.4, 0.5) is 4.79 Å². The first-order chi connectivity index (χ1) is 13.8. The van der Waals surface area contributed by atoms with E-state index in [0.29, 0.717) is 16.5 Å². The topological polar surface area (TPSA) is 85.8 Å². The fraction of sp³-hybridized carbons (Fsp3) is 0.250. The summed E-state index contributed by atoms with van der Waals surface area (Å²) in [7, 11) is 0. The van der Waals surface area contributed by atoms with Gasteiger partial charge in [-0.2, -0.15) is 5.10 Å².